The fraction of sp³-hybridized carbons (Fsp3) is 0.300. The van der Waals surface area contributed by atoms with E-state index in [9.17, 15) is 9.59 Å². The highest BCUT2D eigenvalue weighted by Gasteiger charge is 2.08. The van der Waals surface area contributed by atoms with Gasteiger partial charge in [-0.25, -0.2) is 9.78 Å². The summed E-state index contributed by atoms with van der Waals surface area (Å²) in [4.78, 5) is 25.6. The molecular weight excluding hydrogens is 226 g/mol. The minimum Gasteiger partial charge on any atom is -0.465 e. The van der Waals surface area contributed by atoms with Crippen molar-refractivity contribution < 1.29 is 19.8 Å². The van der Waals surface area contributed by atoms with Crippen molar-refractivity contribution in [2.24, 2.45) is 0 Å². The van der Waals surface area contributed by atoms with Gasteiger partial charge >= 0.3 is 6.09 Å². The highest BCUT2D eigenvalue weighted by molar-refractivity contribution is 5.92. The average molecular weight is 239 g/mol. The second-order valence-corrected chi connectivity index (χ2v) is 3.42. The second-order valence-electron chi connectivity index (χ2n) is 3.42. The van der Waals surface area contributed by atoms with Gasteiger partial charge in [-0.2, -0.15) is 0 Å². The SMILES string of the molecule is CC(O)CNC(=O)c1ccc(NC(=O)O)cn1. The lowest BCUT2D eigenvalue weighted by Gasteiger charge is -2.06. The molecular formula is C10H13N3O4. The molecule has 0 aliphatic rings. The highest BCUT2D eigenvalue weighted by atomic mass is 16.4. The summed E-state index contributed by atoms with van der Waals surface area (Å²) in [5.74, 6) is -0.423. The zero-order valence-electron chi connectivity index (χ0n) is 9.17. The van der Waals surface area contributed by atoms with E-state index in [0.717, 1.165) is 0 Å². The number of pyridine rings is 1. The quantitative estimate of drug-likeness (QED) is 0.603. The van der Waals surface area contributed by atoms with Crippen molar-refractivity contribution in [2.45, 2.75) is 13.0 Å². The van der Waals surface area contributed by atoms with Crippen LogP contribution in [0.25, 0.3) is 0 Å². The Bertz CT molecular complexity index is 403. The number of aliphatic hydroxyl groups excluding tert-OH is 1. The summed E-state index contributed by atoms with van der Waals surface area (Å²) in [6.07, 6.45) is -0.587. The number of hydrogen-bond acceptors (Lipinski definition) is 4. The van der Waals surface area contributed by atoms with Gasteiger partial charge in [0.05, 0.1) is 18.0 Å². The number of carbonyl (C=O) groups excluding carboxylic acids is 1. The molecule has 7 nitrogen and oxygen atoms in total. The van der Waals surface area contributed by atoms with Gasteiger partial charge in [0.2, 0.25) is 0 Å². The van der Waals surface area contributed by atoms with E-state index in [1.807, 2.05) is 0 Å². The molecule has 0 fully saturated rings. The van der Waals surface area contributed by atoms with Crippen LogP contribution in [0.5, 0.6) is 0 Å². The molecule has 0 aliphatic carbocycles. The molecule has 7 heteroatoms. The number of hydrogen-bond donors (Lipinski definition) is 4. The molecule has 1 rings (SSSR count). The summed E-state index contributed by atoms with van der Waals surface area (Å²) >= 11 is 0. The maximum Gasteiger partial charge on any atom is 0.409 e. The van der Waals surface area contributed by atoms with Crippen molar-refractivity contribution in [1.29, 1.82) is 0 Å². The largest absolute Gasteiger partial charge is 0.465 e. The van der Waals surface area contributed by atoms with Crippen LogP contribution in [0, 0.1) is 0 Å². The number of carbonyl (C=O) groups is 2. The molecule has 92 valence electrons. The molecule has 0 saturated carbocycles. The molecule has 0 saturated heterocycles. The van der Waals surface area contributed by atoms with Crippen LogP contribution in [-0.2, 0) is 0 Å². The van der Waals surface area contributed by atoms with E-state index in [-0.39, 0.29) is 17.9 Å². The molecule has 2 amide bonds. The zero-order chi connectivity index (χ0) is 12.8. The molecule has 4 N–H and O–H groups in total. The summed E-state index contributed by atoms with van der Waals surface area (Å²) < 4.78 is 0. The topological polar surface area (TPSA) is 112 Å². The first-order valence-corrected chi connectivity index (χ1v) is 4.91. The first-order valence-electron chi connectivity index (χ1n) is 4.91. The monoisotopic (exact) mass is 239 g/mol. The molecule has 0 aliphatic heterocycles. The molecule has 0 bridgehead atoms. The molecule has 1 aromatic heterocycles. The van der Waals surface area contributed by atoms with E-state index in [0.29, 0.717) is 0 Å². The Balaban J connectivity index is 2.60. The van der Waals surface area contributed by atoms with Gasteiger partial charge in [0, 0.05) is 6.54 Å². The Hall–Kier alpha value is -2.15. The van der Waals surface area contributed by atoms with Crippen molar-refractivity contribution in [3.05, 3.63) is 24.0 Å². The van der Waals surface area contributed by atoms with Crippen LogP contribution in [0.2, 0.25) is 0 Å². The van der Waals surface area contributed by atoms with Gasteiger partial charge < -0.3 is 15.5 Å². The second kappa shape index (κ2) is 5.80. The van der Waals surface area contributed by atoms with E-state index in [2.05, 4.69) is 15.6 Å². The molecule has 1 heterocycles. The normalized spacial score (nSPS) is 11.6. The van der Waals surface area contributed by atoms with Crippen LogP contribution in [0.3, 0.4) is 0 Å². The maximum atomic E-state index is 11.5. The highest BCUT2D eigenvalue weighted by Crippen LogP contribution is 2.05. The lowest BCUT2D eigenvalue weighted by atomic mass is 10.3. The number of aliphatic hydroxyl groups is 1. The minimum atomic E-state index is -1.20. The van der Waals surface area contributed by atoms with Crippen molar-refractivity contribution in [1.82, 2.24) is 10.3 Å². The van der Waals surface area contributed by atoms with Gasteiger partial charge in [-0.15, -0.1) is 0 Å². The van der Waals surface area contributed by atoms with E-state index < -0.39 is 18.1 Å². The van der Waals surface area contributed by atoms with Gasteiger partial charge in [-0.1, -0.05) is 0 Å². The number of nitrogens with zero attached hydrogens (tertiary/aromatic N) is 1. The maximum absolute atomic E-state index is 11.5. The third kappa shape index (κ3) is 4.47. The average Bonchev–Trinajstić information content (AvgIpc) is 2.26. The standard InChI is InChI=1S/C10H13N3O4/c1-6(14)4-12-9(15)8-3-2-7(5-11-8)13-10(16)17/h2-3,5-6,13-14H,4H2,1H3,(H,12,15)(H,16,17). The fourth-order valence-corrected chi connectivity index (χ4v) is 1.06. The summed E-state index contributed by atoms with van der Waals surface area (Å²) in [7, 11) is 0. The number of carboxylic acid groups (broad SMARTS) is 1. The number of rotatable bonds is 4. The predicted molar refractivity (Wildman–Crippen MR) is 59.9 cm³/mol. The molecule has 17 heavy (non-hydrogen) atoms. The molecule has 0 aromatic carbocycles. The Labute approximate surface area is 97.5 Å². The van der Waals surface area contributed by atoms with E-state index in [1.165, 1.54) is 18.3 Å². The lowest BCUT2D eigenvalue weighted by molar-refractivity contribution is 0.0919. The predicted octanol–water partition coefficient (Wildman–Crippen LogP) is 0.282. The van der Waals surface area contributed by atoms with Crippen LogP contribution >= 0.6 is 0 Å². The van der Waals surface area contributed by atoms with Crippen LogP contribution in [0.15, 0.2) is 18.3 Å². The van der Waals surface area contributed by atoms with E-state index in [1.54, 1.807) is 6.92 Å². The number of nitrogens with one attached hydrogen (secondary N) is 2. The van der Waals surface area contributed by atoms with Crippen molar-refractivity contribution in [3.8, 4) is 0 Å². The number of aromatic nitrogens is 1. The van der Waals surface area contributed by atoms with Crippen molar-refractivity contribution in [2.75, 3.05) is 11.9 Å². The third-order valence-electron chi connectivity index (χ3n) is 1.81. The molecule has 1 aromatic rings. The van der Waals surface area contributed by atoms with Gasteiger partial charge in [0.15, 0.2) is 0 Å². The van der Waals surface area contributed by atoms with Crippen LogP contribution in [-0.4, -0.2) is 39.8 Å². The minimum absolute atomic E-state index is 0.135. The molecule has 0 radical (unpaired) electrons. The summed E-state index contributed by atoms with van der Waals surface area (Å²) in [6.45, 7) is 1.68. The Morgan fingerprint density at radius 2 is 2.18 bits per heavy atom. The summed E-state index contributed by atoms with van der Waals surface area (Å²) in [5, 5.41) is 22.0. The van der Waals surface area contributed by atoms with Crippen LogP contribution < -0.4 is 10.6 Å². The molecule has 1 atom stereocenters. The smallest absolute Gasteiger partial charge is 0.409 e. The third-order valence-corrected chi connectivity index (χ3v) is 1.81. The van der Waals surface area contributed by atoms with Crippen molar-refractivity contribution >= 4 is 17.7 Å². The molecule has 0 spiro atoms. The zero-order valence-corrected chi connectivity index (χ0v) is 9.17. The Kier molecular flexibility index (Phi) is 4.41. The van der Waals surface area contributed by atoms with Gasteiger partial charge in [-0.05, 0) is 19.1 Å². The summed E-state index contributed by atoms with van der Waals surface area (Å²) in [5.41, 5.74) is 0.436. The first kappa shape index (κ1) is 12.9. The van der Waals surface area contributed by atoms with Gasteiger partial charge in [0.1, 0.15) is 5.69 Å². The van der Waals surface area contributed by atoms with E-state index in [4.69, 9.17) is 10.2 Å². The van der Waals surface area contributed by atoms with Gasteiger partial charge in [-0.3, -0.25) is 10.1 Å². The Morgan fingerprint density at radius 3 is 2.65 bits per heavy atom. The Morgan fingerprint density at radius 1 is 1.47 bits per heavy atom. The van der Waals surface area contributed by atoms with Crippen molar-refractivity contribution in [3.63, 3.8) is 0 Å². The van der Waals surface area contributed by atoms with E-state index >= 15 is 0 Å². The molecule has 1 unspecified atom stereocenters. The van der Waals surface area contributed by atoms with Crippen LogP contribution in [0.4, 0.5) is 10.5 Å². The lowest BCUT2D eigenvalue weighted by Crippen LogP contribution is -2.31. The number of amides is 2. The fourth-order valence-electron chi connectivity index (χ4n) is 1.06. The number of anilines is 1. The first-order chi connectivity index (χ1) is 7.99. The summed E-state index contributed by atoms with van der Waals surface area (Å²) in [6, 6.07) is 2.82. The van der Waals surface area contributed by atoms with Crippen LogP contribution in [0.1, 0.15) is 17.4 Å². The van der Waals surface area contributed by atoms with Gasteiger partial charge in [0.25, 0.3) is 5.91 Å².